The zero-order valence-corrected chi connectivity index (χ0v) is 7.69. The van der Waals surface area contributed by atoms with Crippen molar-refractivity contribution in [3.63, 3.8) is 0 Å². The summed E-state index contributed by atoms with van der Waals surface area (Å²) in [5.41, 5.74) is -6.54. The lowest BCUT2D eigenvalue weighted by atomic mass is 9.92. The number of halogens is 9. The second kappa shape index (κ2) is 3.99. The predicted octanol–water partition coefficient (Wildman–Crippen LogP) is 4.07. The molecule has 0 spiro atoms. The Bertz CT molecular complexity index is 221. The van der Waals surface area contributed by atoms with Crippen molar-refractivity contribution in [3.05, 3.63) is 6.42 Å². The van der Waals surface area contributed by atoms with Crippen LogP contribution in [0.1, 0.15) is 13.3 Å². The van der Waals surface area contributed by atoms with E-state index < -0.39 is 30.4 Å². The highest BCUT2D eigenvalue weighted by Gasteiger charge is 2.83. The van der Waals surface area contributed by atoms with Crippen LogP contribution in [-0.2, 0) is 0 Å². The SMILES string of the molecule is C[CH]CC(F)(F)C(F)(C(F)(F)F)C(F)(F)F. The summed E-state index contributed by atoms with van der Waals surface area (Å²) in [7, 11) is 0. The zero-order valence-electron chi connectivity index (χ0n) is 7.69. The summed E-state index contributed by atoms with van der Waals surface area (Å²) in [4.78, 5) is 0. The van der Waals surface area contributed by atoms with Gasteiger partial charge in [-0.15, -0.1) is 0 Å². The zero-order chi connectivity index (χ0) is 13.4. The second-order valence-corrected chi connectivity index (χ2v) is 2.97. The molecule has 0 amide bonds. The maximum atomic E-state index is 12.8. The van der Waals surface area contributed by atoms with E-state index >= 15 is 0 Å². The second-order valence-electron chi connectivity index (χ2n) is 2.97. The molecule has 0 nitrogen and oxygen atoms in total. The van der Waals surface area contributed by atoms with Crippen molar-refractivity contribution < 1.29 is 39.5 Å². The summed E-state index contributed by atoms with van der Waals surface area (Å²) >= 11 is 0. The summed E-state index contributed by atoms with van der Waals surface area (Å²) in [6.45, 7) is 0.793. The number of hydrogen-bond donors (Lipinski definition) is 0. The molecule has 0 aromatic rings. The quantitative estimate of drug-likeness (QED) is 0.672. The third kappa shape index (κ3) is 2.22. The highest BCUT2D eigenvalue weighted by molar-refractivity contribution is 5.06. The first-order chi connectivity index (χ1) is 6.81. The Hall–Kier alpha value is -0.630. The molecule has 0 aromatic carbocycles. The van der Waals surface area contributed by atoms with Crippen LogP contribution in [-0.4, -0.2) is 23.9 Å². The largest absolute Gasteiger partial charge is 0.437 e. The van der Waals surface area contributed by atoms with E-state index in [1.165, 1.54) is 0 Å². The molecule has 0 aliphatic heterocycles. The van der Waals surface area contributed by atoms with Gasteiger partial charge in [-0.1, -0.05) is 6.92 Å². The maximum Gasteiger partial charge on any atom is 0.437 e. The fourth-order valence-electron chi connectivity index (χ4n) is 0.972. The van der Waals surface area contributed by atoms with E-state index in [0.717, 1.165) is 6.92 Å². The van der Waals surface area contributed by atoms with Crippen molar-refractivity contribution in [2.24, 2.45) is 0 Å². The molecule has 0 aliphatic carbocycles. The Morgan fingerprint density at radius 1 is 0.750 bits per heavy atom. The van der Waals surface area contributed by atoms with Crippen LogP contribution in [0.4, 0.5) is 39.5 Å². The molecule has 0 fully saturated rings. The molecule has 0 unspecified atom stereocenters. The third-order valence-corrected chi connectivity index (χ3v) is 1.75. The molecule has 0 saturated carbocycles. The molecule has 16 heavy (non-hydrogen) atoms. The standard InChI is InChI=1S/C7H6F9/c1-2-3-4(8,9)5(10,6(11,12)13)7(14,15)16/h2H,3H2,1H3. The highest BCUT2D eigenvalue weighted by atomic mass is 19.4. The first-order valence-corrected chi connectivity index (χ1v) is 3.79. The van der Waals surface area contributed by atoms with Crippen molar-refractivity contribution in [2.75, 3.05) is 0 Å². The lowest BCUT2D eigenvalue weighted by Gasteiger charge is -2.35. The van der Waals surface area contributed by atoms with E-state index in [-0.39, 0.29) is 0 Å². The topological polar surface area (TPSA) is 0 Å². The van der Waals surface area contributed by atoms with Gasteiger partial charge in [0.05, 0.1) is 0 Å². The van der Waals surface area contributed by atoms with Crippen LogP contribution in [0.2, 0.25) is 0 Å². The fourth-order valence-corrected chi connectivity index (χ4v) is 0.972. The average molecular weight is 261 g/mol. The monoisotopic (exact) mass is 261 g/mol. The van der Waals surface area contributed by atoms with Crippen LogP contribution in [0.25, 0.3) is 0 Å². The lowest BCUT2D eigenvalue weighted by Crippen LogP contribution is -2.64. The van der Waals surface area contributed by atoms with Crippen LogP contribution in [0, 0.1) is 6.42 Å². The molecule has 0 aliphatic rings. The van der Waals surface area contributed by atoms with Gasteiger partial charge in [-0.2, -0.15) is 26.3 Å². The molecule has 0 bridgehead atoms. The van der Waals surface area contributed by atoms with Gasteiger partial charge >= 0.3 is 18.0 Å². The van der Waals surface area contributed by atoms with Crippen molar-refractivity contribution in [3.8, 4) is 0 Å². The first kappa shape index (κ1) is 15.4. The van der Waals surface area contributed by atoms with Crippen LogP contribution in [0.5, 0.6) is 0 Å². The predicted molar refractivity (Wildman–Crippen MR) is 35.5 cm³/mol. The molecule has 0 heterocycles. The van der Waals surface area contributed by atoms with E-state index in [9.17, 15) is 39.5 Å². The van der Waals surface area contributed by atoms with E-state index in [4.69, 9.17) is 0 Å². The fraction of sp³-hybridized carbons (Fsp3) is 0.857. The summed E-state index contributed by atoms with van der Waals surface area (Å²) in [6.07, 6.45) is -15.1. The minimum absolute atomic E-state index is 0.325. The van der Waals surface area contributed by atoms with Crippen molar-refractivity contribution in [1.29, 1.82) is 0 Å². The van der Waals surface area contributed by atoms with Crippen LogP contribution in [0.15, 0.2) is 0 Å². The van der Waals surface area contributed by atoms with Gasteiger partial charge in [0.25, 0.3) is 5.92 Å². The number of alkyl halides is 9. The Morgan fingerprint density at radius 2 is 1.06 bits per heavy atom. The van der Waals surface area contributed by atoms with E-state index in [1.54, 1.807) is 0 Å². The molecule has 1 radical (unpaired) electrons. The van der Waals surface area contributed by atoms with Crippen LogP contribution >= 0.6 is 0 Å². The van der Waals surface area contributed by atoms with E-state index in [0.29, 0.717) is 6.42 Å². The Labute approximate surface area is 84.4 Å². The van der Waals surface area contributed by atoms with E-state index in [1.807, 2.05) is 0 Å². The average Bonchev–Trinajstić information content (AvgIpc) is 1.98. The molecule has 0 rings (SSSR count). The normalized spacial score (nSPS) is 15.4. The summed E-state index contributed by atoms with van der Waals surface area (Å²) in [5.74, 6) is -5.60. The van der Waals surface area contributed by atoms with Crippen LogP contribution < -0.4 is 0 Å². The van der Waals surface area contributed by atoms with Gasteiger partial charge in [-0.3, -0.25) is 0 Å². The van der Waals surface area contributed by atoms with Gasteiger partial charge in [0.15, 0.2) is 0 Å². The van der Waals surface area contributed by atoms with Gasteiger partial charge in [0.1, 0.15) is 0 Å². The van der Waals surface area contributed by atoms with E-state index in [2.05, 4.69) is 0 Å². The summed E-state index contributed by atoms with van der Waals surface area (Å²) < 4.78 is 109. The van der Waals surface area contributed by atoms with Gasteiger partial charge < -0.3 is 0 Å². The third-order valence-electron chi connectivity index (χ3n) is 1.75. The molecule has 0 aromatic heterocycles. The molecular formula is C7H6F9. The van der Waals surface area contributed by atoms with Crippen molar-refractivity contribution in [2.45, 2.75) is 37.3 Å². The Balaban J connectivity index is 5.61. The molecule has 0 atom stereocenters. The summed E-state index contributed by atoms with van der Waals surface area (Å²) in [5, 5.41) is 0. The van der Waals surface area contributed by atoms with Crippen molar-refractivity contribution >= 4 is 0 Å². The number of hydrogen-bond acceptors (Lipinski definition) is 0. The van der Waals surface area contributed by atoms with Gasteiger partial charge in [-0.25, -0.2) is 13.2 Å². The van der Waals surface area contributed by atoms with Crippen molar-refractivity contribution in [1.82, 2.24) is 0 Å². The Kier molecular flexibility index (Phi) is 3.83. The van der Waals surface area contributed by atoms with Gasteiger partial charge in [-0.05, 0) is 6.42 Å². The van der Waals surface area contributed by atoms with Crippen LogP contribution in [0.3, 0.4) is 0 Å². The summed E-state index contributed by atoms with van der Waals surface area (Å²) in [6, 6.07) is 0. The smallest absolute Gasteiger partial charge is 0.217 e. The first-order valence-electron chi connectivity index (χ1n) is 3.79. The number of rotatable bonds is 3. The lowest BCUT2D eigenvalue weighted by molar-refractivity contribution is -0.396. The molecule has 0 N–H and O–H groups in total. The molecule has 9 heteroatoms. The minimum atomic E-state index is -6.74. The Morgan fingerprint density at radius 3 is 1.25 bits per heavy atom. The van der Waals surface area contributed by atoms with Gasteiger partial charge in [0.2, 0.25) is 0 Å². The molecule has 97 valence electrons. The highest BCUT2D eigenvalue weighted by Crippen LogP contribution is 2.55. The minimum Gasteiger partial charge on any atom is -0.217 e. The molecule has 0 saturated heterocycles. The molecular weight excluding hydrogens is 255 g/mol. The van der Waals surface area contributed by atoms with Gasteiger partial charge in [0, 0.05) is 6.42 Å². The maximum absolute atomic E-state index is 12.8.